The van der Waals surface area contributed by atoms with Gasteiger partial charge in [-0.3, -0.25) is 4.79 Å². The number of nitrogens with zero attached hydrogens (tertiary/aromatic N) is 3. The number of carbonyl (C=O) groups is 1. The van der Waals surface area contributed by atoms with Crippen molar-refractivity contribution in [3.05, 3.63) is 108 Å². The van der Waals surface area contributed by atoms with Gasteiger partial charge in [-0.05, 0) is 48.2 Å². The number of aromatic hydroxyl groups is 1. The van der Waals surface area contributed by atoms with Crippen molar-refractivity contribution in [3.63, 3.8) is 0 Å². The van der Waals surface area contributed by atoms with Gasteiger partial charge < -0.3 is 20.3 Å². The number of hydrogen-bond acceptors (Lipinski definition) is 4. The van der Waals surface area contributed by atoms with E-state index in [-0.39, 0.29) is 23.1 Å². The molecule has 3 aromatic carbocycles. The predicted molar refractivity (Wildman–Crippen MR) is 148 cm³/mol. The first-order chi connectivity index (χ1) is 17.8. The maximum Gasteiger partial charge on any atom is 0.254 e. The standard InChI is InChI=1S/C31H36N4O2/c1-31(2,3)28(35(19-11-18-32)30(37)25-15-8-5-9-16-25)29-33-27(24-13-6-4-7-14-24)22-34(29)21-23-12-10-17-26(36)20-23/h4-10,12-17,20,22,28,36H,11,18-19,21,32H2,1-3H3. The SMILES string of the molecule is CC(C)(C)C(c1nc(-c2ccccc2)cn1Cc1cccc(O)c1)N(CCCN)C(=O)c1ccccc1. The van der Waals surface area contributed by atoms with Crippen LogP contribution in [0.5, 0.6) is 5.75 Å². The molecule has 6 nitrogen and oxygen atoms in total. The summed E-state index contributed by atoms with van der Waals surface area (Å²) in [6.07, 6.45) is 2.73. The summed E-state index contributed by atoms with van der Waals surface area (Å²) in [4.78, 5) is 21.0. The van der Waals surface area contributed by atoms with Crippen LogP contribution in [0, 0.1) is 5.41 Å². The fraction of sp³-hybridized carbons (Fsp3) is 0.290. The molecule has 1 amide bonds. The molecular formula is C31H36N4O2. The van der Waals surface area contributed by atoms with Gasteiger partial charge in [-0.1, -0.05) is 81.4 Å². The van der Waals surface area contributed by atoms with E-state index < -0.39 is 0 Å². The average Bonchev–Trinajstić information content (AvgIpc) is 3.29. The first-order valence-corrected chi connectivity index (χ1v) is 12.7. The van der Waals surface area contributed by atoms with E-state index in [0.29, 0.717) is 31.6 Å². The number of hydrogen-bond donors (Lipinski definition) is 2. The highest BCUT2D eigenvalue weighted by Crippen LogP contribution is 2.40. The quantitative estimate of drug-likeness (QED) is 0.303. The monoisotopic (exact) mass is 496 g/mol. The fourth-order valence-corrected chi connectivity index (χ4v) is 4.72. The zero-order valence-electron chi connectivity index (χ0n) is 21.8. The predicted octanol–water partition coefficient (Wildman–Crippen LogP) is 5.88. The van der Waals surface area contributed by atoms with Crippen LogP contribution in [-0.2, 0) is 6.54 Å². The Labute approximate surface area is 219 Å². The highest BCUT2D eigenvalue weighted by atomic mass is 16.3. The number of aromatic nitrogens is 2. The summed E-state index contributed by atoms with van der Waals surface area (Å²) in [5.74, 6) is 0.983. The summed E-state index contributed by atoms with van der Waals surface area (Å²) in [5.41, 5.74) is 9.03. The van der Waals surface area contributed by atoms with Crippen LogP contribution in [0.3, 0.4) is 0 Å². The molecule has 0 spiro atoms. The Kier molecular flexibility index (Phi) is 8.09. The maximum absolute atomic E-state index is 13.9. The molecule has 0 fully saturated rings. The Bertz CT molecular complexity index is 1310. The maximum atomic E-state index is 13.9. The van der Waals surface area contributed by atoms with Crippen molar-refractivity contribution >= 4 is 5.91 Å². The number of carbonyl (C=O) groups excluding carboxylic acids is 1. The Balaban J connectivity index is 1.86. The van der Waals surface area contributed by atoms with Crippen LogP contribution < -0.4 is 5.73 Å². The zero-order valence-corrected chi connectivity index (χ0v) is 21.8. The molecule has 192 valence electrons. The molecule has 3 N–H and O–H groups in total. The largest absolute Gasteiger partial charge is 0.508 e. The summed E-state index contributed by atoms with van der Waals surface area (Å²) >= 11 is 0. The summed E-state index contributed by atoms with van der Waals surface area (Å²) in [6.45, 7) is 7.94. The molecule has 0 saturated heterocycles. The highest BCUT2D eigenvalue weighted by molar-refractivity contribution is 5.94. The number of phenols is 1. The van der Waals surface area contributed by atoms with Gasteiger partial charge in [0, 0.05) is 30.4 Å². The third kappa shape index (κ3) is 6.27. The molecule has 0 aliphatic rings. The molecule has 37 heavy (non-hydrogen) atoms. The van der Waals surface area contributed by atoms with E-state index >= 15 is 0 Å². The van der Waals surface area contributed by atoms with Crippen molar-refractivity contribution in [1.29, 1.82) is 0 Å². The molecule has 0 radical (unpaired) electrons. The van der Waals surface area contributed by atoms with Gasteiger partial charge in [-0.25, -0.2) is 4.98 Å². The molecule has 0 aliphatic carbocycles. The second-order valence-corrected chi connectivity index (χ2v) is 10.4. The Hall–Kier alpha value is -3.90. The minimum atomic E-state index is -0.324. The number of nitrogens with two attached hydrogens (primary N) is 1. The number of amides is 1. The van der Waals surface area contributed by atoms with Gasteiger partial charge in [-0.2, -0.15) is 0 Å². The molecule has 4 aromatic rings. The van der Waals surface area contributed by atoms with E-state index in [2.05, 4.69) is 25.3 Å². The lowest BCUT2D eigenvalue weighted by atomic mass is 9.84. The summed E-state index contributed by atoms with van der Waals surface area (Å²) in [7, 11) is 0. The third-order valence-corrected chi connectivity index (χ3v) is 6.40. The third-order valence-electron chi connectivity index (χ3n) is 6.40. The van der Waals surface area contributed by atoms with Gasteiger partial charge >= 0.3 is 0 Å². The zero-order chi connectivity index (χ0) is 26.4. The molecule has 4 rings (SSSR count). The first-order valence-electron chi connectivity index (χ1n) is 12.7. The van der Waals surface area contributed by atoms with Gasteiger partial charge in [0.1, 0.15) is 11.6 Å². The van der Waals surface area contributed by atoms with Crippen LogP contribution in [0.25, 0.3) is 11.3 Å². The fourth-order valence-electron chi connectivity index (χ4n) is 4.72. The average molecular weight is 497 g/mol. The Morgan fingerprint density at radius 1 is 1.00 bits per heavy atom. The van der Waals surface area contributed by atoms with Crippen LogP contribution in [0.4, 0.5) is 0 Å². The number of imidazole rings is 1. The van der Waals surface area contributed by atoms with Crippen LogP contribution in [0.1, 0.15) is 55.0 Å². The smallest absolute Gasteiger partial charge is 0.254 e. The summed E-state index contributed by atoms with van der Waals surface area (Å²) in [5, 5.41) is 10.1. The lowest BCUT2D eigenvalue weighted by molar-refractivity contribution is 0.0482. The molecule has 1 atom stereocenters. The van der Waals surface area contributed by atoms with Crippen LogP contribution >= 0.6 is 0 Å². The molecule has 1 unspecified atom stereocenters. The first kappa shape index (κ1) is 26.2. The Morgan fingerprint density at radius 3 is 2.30 bits per heavy atom. The number of rotatable bonds is 9. The van der Waals surface area contributed by atoms with Crippen molar-refractivity contribution in [3.8, 4) is 17.0 Å². The normalized spacial score (nSPS) is 12.3. The number of phenolic OH excluding ortho intramolecular Hbond substituents is 1. The van der Waals surface area contributed by atoms with Crippen molar-refractivity contribution in [2.45, 2.75) is 39.8 Å². The van der Waals surface area contributed by atoms with Gasteiger partial charge in [0.15, 0.2) is 0 Å². The number of benzene rings is 3. The van der Waals surface area contributed by atoms with Crippen LogP contribution in [0.2, 0.25) is 0 Å². The van der Waals surface area contributed by atoms with Gasteiger partial charge in [-0.15, -0.1) is 0 Å². The van der Waals surface area contributed by atoms with Gasteiger partial charge in [0.2, 0.25) is 0 Å². The summed E-state index contributed by atoms with van der Waals surface area (Å²) < 4.78 is 2.11. The Morgan fingerprint density at radius 2 is 1.68 bits per heavy atom. The van der Waals surface area contributed by atoms with E-state index in [1.165, 1.54) is 0 Å². The minimum Gasteiger partial charge on any atom is -0.508 e. The van der Waals surface area contributed by atoms with E-state index in [9.17, 15) is 9.90 Å². The minimum absolute atomic E-state index is 0.0397. The molecule has 0 saturated carbocycles. The molecule has 6 heteroatoms. The highest BCUT2D eigenvalue weighted by Gasteiger charge is 2.38. The van der Waals surface area contributed by atoms with E-state index in [0.717, 1.165) is 22.6 Å². The lowest BCUT2D eigenvalue weighted by Crippen LogP contribution is -2.43. The molecule has 0 aliphatic heterocycles. The molecular weight excluding hydrogens is 460 g/mol. The summed E-state index contributed by atoms with van der Waals surface area (Å²) in [6, 6.07) is 26.4. The van der Waals surface area contributed by atoms with Crippen molar-refractivity contribution in [2.75, 3.05) is 13.1 Å². The van der Waals surface area contributed by atoms with Gasteiger partial charge in [0.25, 0.3) is 5.91 Å². The van der Waals surface area contributed by atoms with Crippen molar-refractivity contribution in [1.82, 2.24) is 14.5 Å². The van der Waals surface area contributed by atoms with Crippen LogP contribution in [0.15, 0.2) is 91.1 Å². The van der Waals surface area contributed by atoms with Gasteiger partial charge in [0.05, 0.1) is 11.7 Å². The molecule has 0 bridgehead atoms. The second-order valence-electron chi connectivity index (χ2n) is 10.4. The van der Waals surface area contributed by atoms with Crippen LogP contribution in [-0.4, -0.2) is 38.6 Å². The van der Waals surface area contributed by atoms with E-state index in [1.807, 2.05) is 83.9 Å². The second kappa shape index (κ2) is 11.4. The lowest BCUT2D eigenvalue weighted by Gasteiger charge is -2.40. The van der Waals surface area contributed by atoms with E-state index in [4.69, 9.17) is 10.7 Å². The topological polar surface area (TPSA) is 84.4 Å². The van der Waals surface area contributed by atoms with E-state index in [1.54, 1.807) is 12.1 Å². The van der Waals surface area contributed by atoms with Crippen molar-refractivity contribution in [2.24, 2.45) is 11.1 Å². The van der Waals surface area contributed by atoms with Crippen molar-refractivity contribution < 1.29 is 9.90 Å². The molecule has 1 aromatic heterocycles. The molecule has 1 heterocycles.